The maximum Gasteiger partial charge on any atom is 0.253 e. The summed E-state index contributed by atoms with van der Waals surface area (Å²) < 4.78 is 10.2. The van der Waals surface area contributed by atoms with E-state index in [1.54, 1.807) is 7.11 Å². The van der Waals surface area contributed by atoms with Crippen molar-refractivity contribution in [2.45, 2.75) is 6.42 Å². The zero-order chi connectivity index (χ0) is 15.0. The molecule has 0 aromatic carbocycles. The van der Waals surface area contributed by atoms with E-state index in [2.05, 4.69) is 5.32 Å². The molecule has 1 amide bonds. The Hall–Kier alpha value is -1.82. The number of methoxy groups -OCH3 is 1. The molecule has 0 saturated heterocycles. The molecule has 0 aliphatic heterocycles. The molecule has 0 bridgehead atoms. The Bertz CT molecular complexity index is 496. The highest BCUT2D eigenvalue weighted by Crippen LogP contribution is 2.34. The van der Waals surface area contributed by atoms with Crippen LogP contribution in [0, 0.1) is 11.3 Å². The quantitative estimate of drug-likeness (QED) is 0.578. The molecule has 0 spiro atoms. The van der Waals surface area contributed by atoms with E-state index in [1.807, 2.05) is 6.07 Å². The summed E-state index contributed by atoms with van der Waals surface area (Å²) >= 11 is 1.13. The molecule has 0 radical (unpaired) electrons. The smallest absolute Gasteiger partial charge is 0.253 e. The first-order valence-electron chi connectivity index (χ1n) is 6.04. The molecule has 0 aliphatic carbocycles. The van der Waals surface area contributed by atoms with Gasteiger partial charge in [-0.1, -0.05) is 0 Å². The number of thiophene rings is 1. The van der Waals surface area contributed by atoms with Crippen LogP contribution < -0.4 is 16.8 Å². The van der Waals surface area contributed by atoms with Gasteiger partial charge in [-0.05, 0) is 6.42 Å². The van der Waals surface area contributed by atoms with Gasteiger partial charge in [0.25, 0.3) is 5.91 Å². The number of hydrogen-bond acceptors (Lipinski definition) is 7. The van der Waals surface area contributed by atoms with Crippen LogP contribution >= 0.6 is 11.3 Å². The van der Waals surface area contributed by atoms with Gasteiger partial charge in [0.1, 0.15) is 15.9 Å². The van der Waals surface area contributed by atoms with Crippen molar-refractivity contribution < 1.29 is 14.3 Å². The van der Waals surface area contributed by atoms with E-state index in [4.69, 9.17) is 26.2 Å². The maximum absolute atomic E-state index is 11.3. The molecular formula is C12H18N4O3S. The highest BCUT2D eigenvalue weighted by atomic mass is 32.1. The number of hydrogen-bond donors (Lipinski definition) is 3. The van der Waals surface area contributed by atoms with E-state index in [-0.39, 0.29) is 16.1 Å². The number of amides is 1. The largest absolute Gasteiger partial charge is 0.396 e. The van der Waals surface area contributed by atoms with Crippen molar-refractivity contribution in [3.05, 3.63) is 10.4 Å². The SMILES string of the molecule is COCCOCCCNc1sc(C#N)c(N)c1C(N)=O. The van der Waals surface area contributed by atoms with Crippen molar-refractivity contribution in [1.29, 1.82) is 5.26 Å². The lowest BCUT2D eigenvalue weighted by Crippen LogP contribution is -2.15. The fourth-order valence-electron chi connectivity index (χ4n) is 1.52. The molecule has 1 aromatic rings. The minimum Gasteiger partial charge on any atom is -0.396 e. The summed E-state index contributed by atoms with van der Waals surface area (Å²) in [5, 5.41) is 12.5. The van der Waals surface area contributed by atoms with Crippen LogP contribution in [-0.4, -0.2) is 39.4 Å². The Morgan fingerprint density at radius 1 is 1.45 bits per heavy atom. The van der Waals surface area contributed by atoms with E-state index in [0.29, 0.717) is 31.4 Å². The zero-order valence-electron chi connectivity index (χ0n) is 11.3. The van der Waals surface area contributed by atoms with Crippen LogP contribution in [-0.2, 0) is 9.47 Å². The van der Waals surface area contributed by atoms with Crippen molar-refractivity contribution in [2.24, 2.45) is 5.73 Å². The van der Waals surface area contributed by atoms with Gasteiger partial charge in [-0.3, -0.25) is 4.79 Å². The van der Waals surface area contributed by atoms with Crippen LogP contribution in [0.4, 0.5) is 10.7 Å². The number of nitriles is 1. The summed E-state index contributed by atoms with van der Waals surface area (Å²) in [5.41, 5.74) is 11.3. The molecule has 110 valence electrons. The molecule has 1 aromatic heterocycles. The molecule has 0 saturated carbocycles. The number of ether oxygens (including phenoxy) is 2. The van der Waals surface area contributed by atoms with Gasteiger partial charge < -0.3 is 26.3 Å². The van der Waals surface area contributed by atoms with E-state index in [1.165, 1.54) is 0 Å². The topological polar surface area (TPSA) is 123 Å². The first-order valence-corrected chi connectivity index (χ1v) is 6.86. The number of nitrogens with zero attached hydrogens (tertiary/aromatic N) is 1. The zero-order valence-corrected chi connectivity index (χ0v) is 12.1. The predicted octanol–water partition coefficient (Wildman–Crippen LogP) is 0.766. The van der Waals surface area contributed by atoms with Crippen molar-refractivity contribution in [3.8, 4) is 6.07 Å². The van der Waals surface area contributed by atoms with Crippen molar-refractivity contribution in [2.75, 3.05) is 44.5 Å². The predicted molar refractivity (Wildman–Crippen MR) is 77.8 cm³/mol. The average Bonchev–Trinajstić information content (AvgIpc) is 2.74. The third-order valence-corrected chi connectivity index (χ3v) is 3.54. The second kappa shape index (κ2) is 8.37. The van der Waals surface area contributed by atoms with Gasteiger partial charge in [0.2, 0.25) is 0 Å². The Morgan fingerprint density at radius 3 is 2.80 bits per heavy atom. The standard InChI is InChI=1S/C12H18N4O3S/c1-18-5-6-19-4-2-3-16-12-9(11(15)17)10(14)8(7-13)20-12/h16H,2-6,14H2,1H3,(H2,15,17). The molecule has 1 rings (SSSR count). The van der Waals surface area contributed by atoms with Gasteiger partial charge in [-0.15, -0.1) is 11.3 Å². The van der Waals surface area contributed by atoms with Gasteiger partial charge >= 0.3 is 0 Å². The number of nitrogen functional groups attached to an aromatic ring is 1. The number of carbonyl (C=O) groups excluding carboxylic acids is 1. The Morgan fingerprint density at radius 2 is 2.20 bits per heavy atom. The number of carbonyl (C=O) groups is 1. The molecule has 0 aliphatic rings. The summed E-state index contributed by atoms with van der Waals surface area (Å²) in [6.07, 6.45) is 0.752. The van der Waals surface area contributed by atoms with Crippen molar-refractivity contribution >= 4 is 27.9 Å². The number of anilines is 2. The molecule has 0 fully saturated rings. The van der Waals surface area contributed by atoms with Crippen LogP contribution in [0.3, 0.4) is 0 Å². The van der Waals surface area contributed by atoms with Gasteiger partial charge in [0.15, 0.2) is 0 Å². The fraction of sp³-hybridized carbons (Fsp3) is 0.500. The van der Waals surface area contributed by atoms with Gasteiger partial charge in [-0.25, -0.2) is 0 Å². The van der Waals surface area contributed by atoms with E-state index >= 15 is 0 Å². The summed E-state index contributed by atoms with van der Waals surface area (Å²) in [6, 6.07) is 1.94. The number of primary amides is 1. The second-order valence-electron chi connectivity index (χ2n) is 3.91. The molecule has 0 unspecified atom stereocenters. The minimum absolute atomic E-state index is 0.142. The minimum atomic E-state index is -0.640. The molecular weight excluding hydrogens is 280 g/mol. The van der Waals surface area contributed by atoms with Crippen LogP contribution in [0.25, 0.3) is 0 Å². The van der Waals surface area contributed by atoms with Crippen LogP contribution in [0.1, 0.15) is 21.7 Å². The van der Waals surface area contributed by atoms with Crippen molar-refractivity contribution in [1.82, 2.24) is 0 Å². The average molecular weight is 298 g/mol. The van der Waals surface area contributed by atoms with Crippen molar-refractivity contribution in [3.63, 3.8) is 0 Å². The normalized spacial score (nSPS) is 10.2. The Kier molecular flexibility index (Phi) is 6.79. The van der Waals surface area contributed by atoms with Crippen LogP contribution in [0.15, 0.2) is 0 Å². The highest BCUT2D eigenvalue weighted by Gasteiger charge is 2.19. The molecule has 7 nitrogen and oxygen atoms in total. The maximum atomic E-state index is 11.3. The summed E-state index contributed by atoms with van der Waals surface area (Å²) in [4.78, 5) is 11.6. The lowest BCUT2D eigenvalue weighted by molar-refractivity contribution is 0.0705. The number of nitrogens with one attached hydrogen (secondary N) is 1. The number of nitrogens with two attached hydrogens (primary N) is 2. The van der Waals surface area contributed by atoms with E-state index in [0.717, 1.165) is 17.8 Å². The Balaban J connectivity index is 2.48. The summed E-state index contributed by atoms with van der Waals surface area (Å²) in [7, 11) is 1.62. The Labute approximate surface area is 121 Å². The monoisotopic (exact) mass is 298 g/mol. The highest BCUT2D eigenvalue weighted by molar-refractivity contribution is 7.17. The second-order valence-corrected chi connectivity index (χ2v) is 4.93. The van der Waals surface area contributed by atoms with Gasteiger partial charge in [0.05, 0.1) is 24.5 Å². The lowest BCUT2D eigenvalue weighted by Gasteiger charge is -2.06. The van der Waals surface area contributed by atoms with E-state index < -0.39 is 5.91 Å². The molecule has 1 heterocycles. The number of rotatable bonds is 9. The lowest BCUT2D eigenvalue weighted by atomic mass is 10.2. The van der Waals surface area contributed by atoms with Gasteiger partial charge in [0, 0.05) is 20.3 Å². The molecule has 0 atom stereocenters. The van der Waals surface area contributed by atoms with Crippen LogP contribution in [0.5, 0.6) is 0 Å². The molecule has 8 heteroatoms. The first kappa shape index (κ1) is 16.2. The molecule has 5 N–H and O–H groups in total. The third kappa shape index (κ3) is 4.38. The van der Waals surface area contributed by atoms with Crippen LogP contribution in [0.2, 0.25) is 0 Å². The first-order chi connectivity index (χ1) is 9.61. The molecule has 20 heavy (non-hydrogen) atoms. The summed E-state index contributed by atoms with van der Waals surface area (Å²) in [6.45, 7) is 2.28. The summed E-state index contributed by atoms with van der Waals surface area (Å²) in [5.74, 6) is -0.640. The fourth-order valence-corrected chi connectivity index (χ4v) is 2.47. The van der Waals surface area contributed by atoms with E-state index in [9.17, 15) is 4.79 Å². The third-order valence-electron chi connectivity index (χ3n) is 2.48. The van der Waals surface area contributed by atoms with Gasteiger partial charge in [-0.2, -0.15) is 5.26 Å².